The van der Waals surface area contributed by atoms with E-state index in [1.54, 1.807) is 0 Å². The molecule has 2 unspecified atom stereocenters. The number of carboxylic acid groups (broad SMARTS) is 2. The van der Waals surface area contributed by atoms with Crippen molar-refractivity contribution in [2.75, 3.05) is 13.1 Å². The summed E-state index contributed by atoms with van der Waals surface area (Å²) >= 11 is 0. The molecule has 0 saturated carbocycles. The van der Waals surface area contributed by atoms with Crippen molar-refractivity contribution in [1.82, 2.24) is 4.90 Å². The van der Waals surface area contributed by atoms with Gasteiger partial charge in [-0.15, -0.1) is 0 Å². The second kappa shape index (κ2) is 7.81. The van der Waals surface area contributed by atoms with Gasteiger partial charge in [0.2, 0.25) is 0 Å². The maximum atomic E-state index is 11.2. The molecule has 0 aliphatic rings. The van der Waals surface area contributed by atoms with Crippen LogP contribution in [0.2, 0.25) is 0 Å². The van der Waals surface area contributed by atoms with Gasteiger partial charge >= 0.3 is 11.9 Å². The maximum absolute atomic E-state index is 11.2. The van der Waals surface area contributed by atoms with Crippen LogP contribution in [0.25, 0.3) is 0 Å². The third kappa shape index (κ3) is 5.77. The molecule has 6 nitrogen and oxygen atoms in total. The number of carbonyl (C=O) groups excluding carboxylic acids is 1. The lowest BCUT2D eigenvalue weighted by atomic mass is 10.1. The van der Waals surface area contributed by atoms with Crippen molar-refractivity contribution in [2.45, 2.75) is 39.7 Å². The Morgan fingerprint density at radius 2 is 1.72 bits per heavy atom. The number of aliphatic carboxylic acids is 2. The summed E-state index contributed by atoms with van der Waals surface area (Å²) in [6.07, 6.45) is 1.06. The van der Waals surface area contributed by atoms with Crippen molar-refractivity contribution in [3.05, 3.63) is 0 Å². The van der Waals surface area contributed by atoms with Gasteiger partial charge in [0.25, 0.3) is 0 Å². The van der Waals surface area contributed by atoms with E-state index in [4.69, 9.17) is 10.2 Å². The summed E-state index contributed by atoms with van der Waals surface area (Å²) in [4.78, 5) is 34.6. The van der Waals surface area contributed by atoms with Crippen molar-refractivity contribution in [3.8, 4) is 0 Å². The molecular formula is C12H21NO5. The van der Waals surface area contributed by atoms with E-state index in [1.165, 1.54) is 18.7 Å². The summed E-state index contributed by atoms with van der Waals surface area (Å²) in [5.74, 6) is -2.89. The highest BCUT2D eigenvalue weighted by Crippen LogP contribution is 2.11. The standard InChI is InChI=1S/C12H21NO5/c1-4-5-10(12(17)18)13(7-9(3)14)6-8(2)11(15)16/h8,10H,4-7H2,1-3H3,(H,15,16)(H,17,18). The van der Waals surface area contributed by atoms with Crippen molar-refractivity contribution in [3.63, 3.8) is 0 Å². The highest BCUT2D eigenvalue weighted by molar-refractivity contribution is 5.80. The van der Waals surface area contributed by atoms with Crippen LogP contribution in [-0.2, 0) is 14.4 Å². The van der Waals surface area contributed by atoms with E-state index in [9.17, 15) is 14.4 Å². The number of rotatable bonds is 9. The van der Waals surface area contributed by atoms with E-state index in [0.717, 1.165) is 0 Å². The topological polar surface area (TPSA) is 94.9 Å². The predicted octanol–water partition coefficient (Wildman–Crippen LogP) is 0.851. The summed E-state index contributed by atoms with van der Waals surface area (Å²) in [6.45, 7) is 4.74. The average molecular weight is 259 g/mol. The second-order valence-corrected chi connectivity index (χ2v) is 4.51. The van der Waals surface area contributed by atoms with Gasteiger partial charge in [-0.1, -0.05) is 20.3 Å². The van der Waals surface area contributed by atoms with Gasteiger partial charge in [0.15, 0.2) is 0 Å². The Kier molecular flexibility index (Phi) is 7.19. The number of carboxylic acids is 2. The summed E-state index contributed by atoms with van der Waals surface area (Å²) in [7, 11) is 0. The smallest absolute Gasteiger partial charge is 0.320 e. The normalized spacial score (nSPS) is 14.2. The monoisotopic (exact) mass is 259 g/mol. The van der Waals surface area contributed by atoms with E-state index >= 15 is 0 Å². The van der Waals surface area contributed by atoms with E-state index in [-0.39, 0.29) is 18.9 Å². The molecule has 0 amide bonds. The molecule has 0 aromatic carbocycles. The van der Waals surface area contributed by atoms with E-state index < -0.39 is 23.9 Å². The minimum Gasteiger partial charge on any atom is -0.481 e. The molecule has 0 bridgehead atoms. The number of hydrogen-bond donors (Lipinski definition) is 2. The second-order valence-electron chi connectivity index (χ2n) is 4.51. The predicted molar refractivity (Wildman–Crippen MR) is 65.4 cm³/mol. The molecule has 0 aliphatic heterocycles. The zero-order valence-electron chi connectivity index (χ0n) is 11.0. The molecular weight excluding hydrogens is 238 g/mol. The van der Waals surface area contributed by atoms with Gasteiger partial charge in [0, 0.05) is 6.54 Å². The fraction of sp³-hybridized carbons (Fsp3) is 0.750. The third-order valence-electron chi connectivity index (χ3n) is 2.64. The maximum Gasteiger partial charge on any atom is 0.320 e. The average Bonchev–Trinajstić information content (AvgIpc) is 2.23. The zero-order chi connectivity index (χ0) is 14.3. The Morgan fingerprint density at radius 1 is 1.17 bits per heavy atom. The highest BCUT2D eigenvalue weighted by Gasteiger charge is 2.28. The summed E-state index contributed by atoms with van der Waals surface area (Å²) < 4.78 is 0. The van der Waals surface area contributed by atoms with Crippen molar-refractivity contribution < 1.29 is 24.6 Å². The van der Waals surface area contributed by atoms with E-state index in [0.29, 0.717) is 12.8 Å². The largest absolute Gasteiger partial charge is 0.481 e. The van der Waals surface area contributed by atoms with Crippen LogP contribution in [-0.4, -0.2) is 52.0 Å². The van der Waals surface area contributed by atoms with E-state index in [2.05, 4.69) is 0 Å². The molecule has 2 atom stereocenters. The molecule has 0 heterocycles. The van der Waals surface area contributed by atoms with Crippen LogP contribution >= 0.6 is 0 Å². The molecule has 0 aromatic rings. The first-order valence-electron chi connectivity index (χ1n) is 5.98. The summed E-state index contributed by atoms with van der Waals surface area (Å²) in [5, 5.41) is 18.0. The Hall–Kier alpha value is -1.43. The van der Waals surface area contributed by atoms with Crippen LogP contribution in [0.4, 0.5) is 0 Å². The highest BCUT2D eigenvalue weighted by atomic mass is 16.4. The third-order valence-corrected chi connectivity index (χ3v) is 2.64. The first-order valence-corrected chi connectivity index (χ1v) is 5.98. The Bertz CT molecular complexity index is 316. The van der Waals surface area contributed by atoms with Crippen LogP contribution in [0, 0.1) is 5.92 Å². The minimum atomic E-state index is -1.02. The zero-order valence-corrected chi connectivity index (χ0v) is 11.0. The number of Topliss-reactive ketones (excluding diaryl/α,β-unsaturated/α-hetero) is 1. The van der Waals surface area contributed by atoms with Crippen LogP contribution in [0.3, 0.4) is 0 Å². The number of nitrogens with zero attached hydrogens (tertiary/aromatic N) is 1. The molecule has 6 heteroatoms. The molecule has 0 aliphatic carbocycles. The lowest BCUT2D eigenvalue weighted by molar-refractivity contribution is -0.148. The molecule has 0 aromatic heterocycles. The van der Waals surface area contributed by atoms with Gasteiger partial charge in [0.05, 0.1) is 12.5 Å². The Labute approximate surface area is 107 Å². The van der Waals surface area contributed by atoms with Gasteiger partial charge in [-0.25, -0.2) is 0 Å². The summed E-state index contributed by atoms with van der Waals surface area (Å²) in [6, 6.07) is -0.805. The lowest BCUT2D eigenvalue weighted by Gasteiger charge is -2.29. The van der Waals surface area contributed by atoms with Crippen LogP contribution in [0.15, 0.2) is 0 Å². The number of hydrogen-bond acceptors (Lipinski definition) is 4. The van der Waals surface area contributed by atoms with E-state index in [1.807, 2.05) is 6.92 Å². The van der Waals surface area contributed by atoms with Gasteiger partial charge in [-0.3, -0.25) is 19.3 Å². The molecule has 18 heavy (non-hydrogen) atoms. The van der Waals surface area contributed by atoms with Crippen LogP contribution < -0.4 is 0 Å². The fourth-order valence-electron chi connectivity index (χ4n) is 1.75. The molecule has 0 rings (SSSR count). The molecule has 2 N–H and O–H groups in total. The van der Waals surface area contributed by atoms with Crippen molar-refractivity contribution in [2.24, 2.45) is 5.92 Å². The molecule has 0 saturated heterocycles. The minimum absolute atomic E-state index is 0.0331. The molecule has 0 radical (unpaired) electrons. The van der Waals surface area contributed by atoms with Crippen molar-refractivity contribution in [1.29, 1.82) is 0 Å². The fourth-order valence-corrected chi connectivity index (χ4v) is 1.75. The molecule has 0 spiro atoms. The first kappa shape index (κ1) is 16.6. The van der Waals surface area contributed by atoms with Crippen LogP contribution in [0.5, 0.6) is 0 Å². The Morgan fingerprint density at radius 3 is 2.06 bits per heavy atom. The lowest BCUT2D eigenvalue weighted by Crippen LogP contribution is -2.46. The number of ketones is 1. The van der Waals surface area contributed by atoms with Crippen molar-refractivity contribution >= 4 is 17.7 Å². The quantitative estimate of drug-likeness (QED) is 0.637. The van der Waals surface area contributed by atoms with Gasteiger partial charge < -0.3 is 10.2 Å². The molecule has 0 fully saturated rings. The SMILES string of the molecule is CCCC(C(=O)O)N(CC(C)=O)CC(C)C(=O)O. The van der Waals surface area contributed by atoms with Gasteiger partial charge in [0.1, 0.15) is 11.8 Å². The van der Waals surface area contributed by atoms with Gasteiger partial charge in [-0.05, 0) is 13.3 Å². The van der Waals surface area contributed by atoms with Gasteiger partial charge in [-0.2, -0.15) is 0 Å². The van der Waals surface area contributed by atoms with Crippen LogP contribution in [0.1, 0.15) is 33.6 Å². The number of carbonyl (C=O) groups is 3. The molecule has 104 valence electrons. The first-order chi connectivity index (χ1) is 8.29. The Balaban J connectivity index is 4.87. The summed E-state index contributed by atoms with van der Waals surface area (Å²) in [5.41, 5.74) is 0.